The number of hydrogen-bond acceptors (Lipinski definition) is 6. The van der Waals surface area contributed by atoms with Crippen LogP contribution in [0.3, 0.4) is 0 Å². The second-order valence-corrected chi connectivity index (χ2v) is 8.76. The Morgan fingerprint density at radius 2 is 1.84 bits per heavy atom. The van der Waals surface area contributed by atoms with E-state index >= 15 is 0 Å². The number of aromatic nitrogens is 4. The maximum atomic E-state index is 12.5. The first-order valence-corrected chi connectivity index (χ1v) is 11.4. The molecule has 1 unspecified atom stereocenters. The topological polar surface area (TPSA) is 114 Å². The number of halogens is 6. The zero-order valence-electron chi connectivity index (χ0n) is 19.2. The van der Waals surface area contributed by atoms with Crippen molar-refractivity contribution in [2.45, 2.75) is 63.5 Å². The van der Waals surface area contributed by atoms with Crippen molar-refractivity contribution in [3.05, 3.63) is 47.4 Å². The predicted octanol–water partition coefficient (Wildman–Crippen LogP) is 4.05. The van der Waals surface area contributed by atoms with Crippen molar-refractivity contribution < 1.29 is 40.5 Å². The first kappa shape index (κ1) is 26.4. The van der Waals surface area contributed by atoms with Crippen molar-refractivity contribution in [1.82, 2.24) is 30.2 Å². The third-order valence-electron chi connectivity index (χ3n) is 5.73. The first-order chi connectivity index (χ1) is 17.4. The lowest BCUT2D eigenvalue weighted by atomic mass is 10.1. The molecule has 37 heavy (non-hydrogen) atoms. The summed E-state index contributed by atoms with van der Waals surface area (Å²) < 4.78 is 81.0. The van der Waals surface area contributed by atoms with Crippen LogP contribution in [0.4, 0.5) is 26.3 Å². The van der Waals surface area contributed by atoms with Gasteiger partial charge in [-0.2, -0.15) is 26.3 Å². The second kappa shape index (κ2) is 10.4. The van der Waals surface area contributed by atoms with Gasteiger partial charge in [-0.3, -0.25) is 14.0 Å². The highest BCUT2D eigenvalue weighted by molar-refractivity contribution is 5.94. The van der Waals surface area contributed by atoms with Crippen LogP contribution in [0.5, 0.6) is 0 Å². The van der Waals surface area contributed by atoms with Gasteiger partial charge in [0.05, 0.1) is 36.1 Å². The largest absolute Gasteiger partial charge is 0.389 e. The molecule has 0 saturated heterocycles. The van der Waals surface area contributed by atoms with Gasteiger partial charge in [-0.1, -0.05) is 5.16 Å². The third kappa shape index (κ3) is 7.43. The molecule has 1 saturated carbocycles. The Kier molecular flexibility index (Phi) is 7.41. The van der Waals surface area contributed by atoms with Crippen LogP contribution in [0, 0.1) is 5.92 Å². The Morgan fingerprint density at radius 3 is 2.51 bits per heavy atom. The van der Waals surface area contributed by atoms with E-state index in [1.165, 1.54) is 0 Å². The maximum Gasteiger partial charge on any atom is 0.389 e. The Hall–Kier alpha value is -3.65. The van der Waals surface area contributed by atoms with Crippen LogP contribution < -0.4 is 10.6 Å². The minimum atomic E-state index is -4.43. The average Bonchev–Trinajstić information content (AvgIpc) is 3.39. The molecule has 200 valence electrons. The summed E-state index contributed by atoms with van der Waals surface area (Å²) in [5, 5.41) is 8.65. The van der Waals surface area contributed by atoms with Crippen LogP contribution in [0.2, 0.25) is 0 Å². The van der Waals surface area contributed by atoms with Crippen LogP contribution in [-0.4, -0.2) is 43.7 Å². The fourth-order valence-corrected chi connectivity index (χ4v) is 3.71. The molecule has 4 rings (SSSR count). The predicted molar refractivity (Wildman–Crippen MR) is 114 cm³/mol. The number of imidazole rings is 1. The molecule has 1 fully saturated rings. The molecule has 3 heterocycles. The molecule has 15 heteroatoms. The first-order valence-electron chi connectivity index (χ1n) is 11.4. The zero-order chi connectivity index (χ0) is 26.8. The van der Waals surface area contributed by atoms with Gasteiger partial charge in [0.1, 0.15) is 11.8 Å². The van der Waals surface area contributed by atoms with E-state index in [0.29, 0.717) is 11.4 Å². The summed E-state index contributed by atoms with van der Waals surface area (Å²) in [5.41, 5.74) is 0.625. The number of fused-ring (bicyclic) bond motifs is 1. The molecule has 3 aromatic heterocycles. The molecule has 0 bridgehead atoms. The van der Waals surface area contributed by atoms with E-state index in [4.69, 9.17) is 0 Å². The van der Waals surface area contributed by atoms with Crippen LogP contribution >= 0.6 is 0 Å². The van der Waals surface area contributed by atoms with Crippen LogP contribution in [0.25, 0.3) is 5.78 Å². The third-order valence-corrected chi connectivity index (χ3v) is 5.73. The number of rotatable bonds is 10. The maximum absolute atomic E-state index is 12.5. The lowest BCUT2D eigenvalue weighted by molar-refractivity contribution is -0.144. The minimum absolute atomic E-state index is 0.0635. The summed E-state index contributed by atoms with van der Waals surface area (Å²) in [6, 6.07) is 1.09. The quantitative estimate of drug-likeness (QED) is 0.381. The number of nitrogens with one attached hydrogen (secondary N) is 2. The Labute approximate surface area is 205 Å². The SMILES string of the molecule is O=C(CCC(F)(F)F)NC(c1ccn2cc(CNC(=O)c3conc3CCC(F)(F)F)nc2n1)C1CC1. The molecule has 3 aromatic rings. The summed E-state index contributed by atoms with van der Waals surface area (Å²) in [4.78, 5) is 33.2. The lowest BCUT2D eigenvalue weighted by Crippen LogP contribution is -2.31. The number of amides is 2. The van der Waals surface area contributed by atoms with Crippen molar-refractivity contribution in [3.63, 3.8) is 0 Å². The number of nitrogens with zero attached hydrogens (tertiary/aromatic N) is 4. The monoisotopic (exact) mass is 532 g/mol. The standard InChI is InChI=1S/C22H22F6N6O3/c23-21(24,25)6-3-15-14(11-37-33-15)19(36)29-9-13-10-34-8-5-16(31-20(34)30-13)18(12-1-2-12)32-17(35)4-7-22(26,27)28/h5,8,10-12,18H,1-4,6-7,9H2,(H,29,36)(H,32,35). The van der Waals surface area contributed by atoms with Crippen LogP contribution in [0.15, 0.2) is 29.2 Å². The summed E-state index contributed by atoms with van der Waals surface area (Å²) in [6.07, 6.45) is -6.58. The average molecular weight is 532 g/mol. The smallest absolute Gasteiger partial charge is 0.364 e. The van der Waals surface area contributed by atoms with Gasteiger partial charge >= 0.3 is 12.4 Å². The normalized spacial score (nSPS) is 15.1. The van der Waals surface area contributed by atoms with Gasteiger partial charge in [0.25, 0.3) is 5.91 Å². The molecular weight excluding hydrogens is 510 g/mol. The fourth-order valence-electron chi connectivity index (χ4n) is 3.71. The molecule has 0 aromatic carbocycles. The lowest BCUT2D eigenvalue weighted by Gasteiger charge is -2.18. The number of alkyl halides is 6. The molecular formula is C22H22F6N6O3. The van der Waals surface area contributed by atoms with E-state index in [0.717, 1.165) is 19.1 Å². The van der Waals surface area contributed by atoms with Gasteiger partial charge in [-0.15, -0.1) is 0 Å². The summed E-state index contributed by atoms with van der Waals surface area (Å²) in [6.45, 7) is -0.0678. The van der Waals surface area contributed by atoms with E-state index in [1.54, 1.807) is 22.9 Å². The summed E-state index contributed by atoms with van der Waals surface area (Å²) >= 11 is 0. The summed E-state index contributed by atoms with van der Waals surface area (Å²) in [5.74, 6) is -1.09. The zero-order valence-corrected chi connectivity index (χ0v) is 19.2. The van der Waals surface area contributed by atoms with Gasteiger partial charge in [-0.25, -0.2) is 9.97 Å². The van der Waals surface area contributed by atoms with E-state index in [9.17, 15) is 35.9 Å². The molecule has 0 radical (unpaired) electrons. The van der Waals surface area contributed by atoms with Gasteiger partial charge in [0, 0.05) is 31.7 Å². The number of carbonyl (C=O) groups excluding carboxylic acids is 2. The number of aryl methyl sites for hydroxylation is 1. The van der Waals surface area contributed by atoms with Gasteiger partial charge < -0.3 is 15.2 Å². The van der Waals surface area contributed by atoms with Crippen molar-refractivity contribution in [2.24, 2.45) is 5.92 Å². The van der Waals surface area contributed by atoms with Gasteiger partial charge in [0.15, 0.2) is 0 Å². The highest BCUT2D eigenvalue weighted by Crippen LogP contribution is 2.40. The molecule has 1 aliphatic carbocycles. The molecule has 2 N–H and O–H groups in total. The van der Waals surface area contributed by atoms with E-state index in [2.05, 4.69) is 30.3 Å². The van der Waals surface area contributed by atoms with Crippen molar-refractivity contribution in [1.29, 1.82) is 0 Å². The molecule has 0 spiro atoms. The molecule has 9 nitrogen and oxygen atoms in total. The Morgan fingerprint density at radius 1 is 1.11 bits per heavy atom. The van der Waals surface area contributed by atoms with Gasteiger partial charge in [-0.05, 0) is 24.8 Å². The molecule has 1 aliphatic rings. The van der Waals surface area contributed by atoms with Crippen molar-refractivity contribution >= 4 is 17.6 Å². The Balaban J connectivity index is 1.39. The van der Waals surface area contributed by atoms with Crippen LogP contribution in [-0.2, 0) is 17.8 Å². The highest BCUT2D eigenvalue weighted by Gasteiger charge is 2.35. The molecule has 1 atom stereocenters. The number of hydrogen-bond donors (Lipinski definition) is 2. The van der Waals surface area contributed by atoms with Gasteiger partial charge in [0.2, 0.25) is 11.7 Å². The second-order valence-electron chi connectivity index (χ2n) is 8.76. The van der Waals surface area contributed by atoms with E-state index in [1.807, 2.05) is 0 Å². The van der Waals surface area contributed by atoms with E-state index in [-0.39, 0.29) is 29.5 Å². The van der Waals surface area contributed by atoms with Crippen molar-refractivity contribution in [2.75, 3.05) is 0 Å². The molecule has 2 amide bonds. The fraction of sp³-hybridized carbons (Fsp3) is 0.500. The number of carbonyl (C=O) groups is 2. The molecule has 0 aliphatic heterocycles. The Bertz CT molecular complexity index is 1260. The highest BCUT2D eigenvalue weighted by atomic mass is 19.4. The van der Waals surface area contributed by atoms with Crippen LogP contribution in [0.1, 0.15) is 65.6 Å². The van der Waals surface area contributed by atoms with E-state index < -0.39 is 55.9 Å². The summed E-state index contributed by atoms with van der Waals surface area (Å²) in [7, 11) is 0. The minimum Gasteiger partial charge on any atom is -0.364 e. The van der Waals surface area contributed by atoms with Crippen molar-refractivity contribution in [3.8, 4) is 0 Å².